The number of phenols is 1. The Morgan fingerprint density at radius 2 is 1.98 bits per heavy atom. The molecule has 51 heavy (non-hydrogen) atoms. The van der Waals surface area contributed by atoms with Gasteiger partial charge in [0.2, 0.25) is 6.35 Å². The molecule has 2 saturated heterocycles. The highest BCUT2D eigenvalue weighted by Crippen LogP contribution is 2.51. The van der Waals surface area contributed by atoms with Crippen molar-refractivity contribution in [3.05, 3.63) is 53.2 Å². The summed E-state index contributed by atoms with van der Waals surface area (Å²) in [4.78, 5) is 14.0. The maximum atomic E-state index is 17.1. The second-order valence-electron chi connectivity index (χ2n) is 15.4. The number of aromatic hydroxyl groups is 1. The van der Waals surface area contributed by atoms with Gasteiger partial charge in [0.15, 0.2) is 5.82 Å². The van der Waals surface area contributed by atoms with Gasteiger partial charge in [0.25, 0.3) is 0 Å². The van der Waals surface area contributed by atoms with Crippen molar-refractivity contribution in [3.63, 3.8) is 0 Å². The number of piperidine rings is 1. The highest BCUT2D eigenvalue weighted by atomic mass is 19.1. The van der Waals surface area contributed by atoms with E-state index in [4.69, 9.17) is 20.9 Å². The Hall–Kier alpha value is -3.86. The number of aliphatic imine (C=N–C) groups is 1. The summed E-state index contributed by atoms with van der Waals surface area (Å²) in [5, 5.41) is 35.3. The number of terminal acetylenes is 1. The molecule has 12 heteroatoms. The third-order valence-corrected chi connectivity index (χ3v) is 11.8. The van der Waals surface area contributed by atoms with E-state index in [0.29, 0.717) is 54.5 Å². The maximum Gasteiger partial charge on any atom is 0.227 e. The van der Waals surface area contributed by atoms with Crippen molar-refractivity contribution in [2.24, 2.45) is 16.3 Å². The summed E-state index contributed by atoms with van der Waals surface area (Å²) in [6.45, 7) is 4.52. The minimum atomic E-state index is -1.18. The van der Waals surface area contributed by atoms with Crippen molar-refractivity contribution in [1.29, 1.82) is 0 Å². The van der Waals surface area contributed by atoms with Crippen LogP contribution in [-0.4, -0.2) is 106 Å². The number of aromatic nitrogens is 1. The lowest BCUT2D eigenvalue weighted by Crippen LogP contribution is -2.58. The lowest BCUT2D eigenvalue weighted by Gasteiger charge is -2.53. The number of β-amino-alcohol motifs (C(OH)–C–C–N with tert-alkyl or cyclic N) is 1. The van der Waals surface area contributed by atoms with E-state index >= 15 is 4.39 Å². The van der Waals surface area contributed by atoms with Gasteiger partial charge in [-0.25, -0.2) is 13.8 Å². The molecule has 10 nitrogen and oxygen atoms in total. The van der Waals surface area contributed by atoms with E-state index in [2.05, 4.69) is 21.1 Å². The first kappa shape index (κ1) is 34.2. The topological polar surface area (TPSA) is 123 Å². The number of fused-ring (bicyclic) bond motifs is 3. The highest BCUT2D eigenvalue weighted by molar-refractivity contribution is 6.06. The van der Waals surface area contributed by atoms with Gasteiger partial charge in [-0.05, 0) is 81.5 Å². The molecule has 0 amide bonds. The van der Waals surface area contributed by atoms with E-state index in [1.165, 1.54) is 30.5 Å². The smallest absolute Gasteiger partial charge is 0.227 e. The minimum absolute atomic E-state index is 0.0506. The predicted octanol–water partition coefficient (Wildman–Crippen LogP) is 4.83. The Bertz CT molecular complexity index is 1910. The third-order valence-electron chi connectivity index (χ3n) is 11.8. The van der Waals surface area contributed by atoms with Crippen LogP contribution in [0.3, 0.4) is 0 Å². The van der Waals surface area contributed by atoms with Crippen LogP contribution in [0.25, 0.3) is 22.0 Å². The summed E-state index contributed by atoms with van der Waals surface area (Å²) in [5.74, 6) is 1.69. The van der Waals surface area contributed by atoms with Crippen LogP contribution in [0, 0.1) is 35.3 Å². The average Bonchev–Trinajstić information content (AvgIpc) is 3.44. The number of hydrogen-bond acceptors (Lipinski definition) is 10. The van der Waals surface area contributed by atoms with E-state index in [1.54, 1.807) is 6.92 Å². The summed E-state index contributed by atoms with van der Waals surface area (Å²) >= 11 is 0. The number of anilines is 1. The number of rotatable bonds is 6. The van der Waals surface area contributed by atoms with E-state index in [9.17, 15) is 19.7 Å². The largest absolute Gasteiger partial charge is 0.508 e. The lowest BCUT2D eigenvalue weighted by atomic mass is 9.72. The molecule has 270 valence electrons. The number of phenolic OH excluding ortho intramolecular Hbond substituents is 1. The first-order chi connectivity index (χ1) is 24.6. The number of amidine groups is 1. The third kappa shape index (κ3) is 6.13. The Morgan fingerprint density at radius 1 is 1.16 bits per heavy atom. The molecule has 2 aliphatic carbocycles. The van der Waals surface area contributed by atoms with Crippen LogP contribution in [-0.2, 0) is 9.47 Å². The van der Waals surface area contributed by atoms with E-state index in [0.717, 1.165) is 51.5 Å². The second kappa shape index (κ2) is 13.3. The molecule has 4 N–H and O–H groups in total. The van der Waals surface area contributed by atoms with E-state index in [-0.39, 0.29) is 58.8 Å². The van der Waals surface area contributed by atoms with Crippen LogP contribution in [0.4, 0.5) is 14.5 Å². The Balaban J connectivity index is 1.16. The minimum Gasteiger partial charge on any atom is -0.508 e. The molecular weight excluding hydrogens is 656 g/mol. The maximum absolute atomic E-state index is 17.1. The molecule has 0 spiro atoms. The molecule has 1 aromatic heterocycles. The highest BCUT2D eigenvalue weighted by Gasteiger charge is 2.51. The lowest BCUT2D eigenvalue weighted by molar-refractivity contribution is -0.0859. The fourth-order valence-corrected chi connectivity index (χ4v) is 9.33. The van der Waals surface area contributed by atoms with Gasteiger partial charge >= 0.3 is 0 Å². The standard InChI is InChI=1S/C39H45F2N5O5/c1-3-27-30(40)8-7-24-16-26(48)17-28(32(24)27)34-33(41)35-29(18-42-34)36(45-12-13-50-21-38(2,49)20-45)44-37(43-35)51-22-39-9-4-6-31(39)46(11-5-10-39)25-14-23(15-25)19-47/h1,7-8,16-18,23,25,31,37,43,47-49H,4-6,9-15,19-22H2,2H3/t23?,25?,31?,37?,38-,39+/m0/s1. The average molecular weight is 702 g/mol. The zero-order chi connectivity index (χ0) is 35.5. The molecule has 3 aromatic rings. The summed E-state index contributed by atoms with van der Waals surface area (Å²) in [6, 6.07) is 6.38. The molecule has 3 aliphatic heterocycles. The van der Waals surface area contributed by atoms with Gasteiger partial charge in [0, 0.05) is 47.8 Å². The van der Waals surface area contributed by atoms with Crippen LogP contribution in [0.2, 0.25) is 0 Å². The van der Waals surface area contributed by atoms with Crippen LogP contribution >= 0.6 is 0 Å². The molecule has 2 aromatic carbocycles. The monoisotopic (exact) mass is 701 g/mol. The van der Waals surface area contributed by atoms with Gasteiger partial charge in [0.1, 0.15) is 28.7 Å². The molecular formula is C39H45F2N5O5. The number of nitrogens with zero attached hydrogens (tertiary/aromatic N) is 4. The molecule has 5 aliphatic rings. The first-order valence-corrected chi connectivity index (χ1v) is 18.1. The zero-order valence-corrected chi connectivity index (χ0v) is 28.9. The molecule has 2 unspecified atom stereocenters. The van der Waals surface area contributed by atoms with Crippen LogP contribution < -0.4 is 5.32 Å². The van der Waals surface area contributed by atoms with Crippen molar-refractivity contribution >= 4 is 22.3 Å². The number of benzene rings is 2. The number of hydrogen-bond donors (Lipinski definition) is 4. The van der Waals surface area contributed by atoms with Gasteiger partial charge in [-0.2, -0.15) is 0 Å². The van der Waals surface area contributed by atoms with Gasteiger partial charge in [0.05, 0.1) is 43.2 Å². The number of ether oxygens (including phenoxy) is 2. The van der Waals surface area contributed by atoms with Gasteiger partial charge < -0.3 is 35.0 Å². The molecule has 0 bridgehead atoms. The number of nitrogens with one attached hydrogen (secondary N) is 1. The molecule has 4 atom stereocenters. The predicted molar refractivity (Wildman–Crippen MR) is 189 cm³/mol. The SMILES string of the molecule is C#Cc1c(F)ccc2cc(O)cc(-c3ncc4c(c3F)NC(OC[C@]35CCCC3N(C3CC(CO)C3)CCC5)N=C4N3CCOC[C@@](C)(O)C3)c12. The van der Waals surface area contributed by atoms with Crippen molar-refractivity contribution < 1.29 is 33.6 Å². The van der Waals surface area contributed by atoms with E-state index in [1.807, 2.05) is 4.90 Å². The number of likely N-dealkylation sites (tertiary alicyclic amines) is 1. The summed E-state index contributed by atoms with van der Waals surface area (Å²) in [5.41, 5.74) is -0.767. The molecule has 4 fully saturated rings. The van der Waals surface area contributed by atoms with E-state index < -0.39 is 23.6 Å². The Morgan fingerprint density at radius 3 is 2.78 bits per heavy atom. The van der Waals surface area contributed by atoms with Gasteiger partial charge in [-0.1, -0.05) is 18.4 Å². The first-order valence-electron chi connectivity index (χ1n) is 18.1. The molecule has 8 rings (SSSR count). The Kier molecular flexibility index (Phi) is 8.92. The van der Waals surface area contributed by atoms with Crippen LogP contribution in [0.15, 0.2) is 35.5 Å². The fourth-order valence-electron chi connectivity index (χ4n) is 9.33. The number of pyridine rings is 1. The van der Waals surface area contributed by atoms with Crippen molar-refractivity contribution in [1.82, 2.24) is 14.8 Å². The quantitative estimate of drug-likeness (QED) is 0.268. The zero-order valence-electron chi connectivity index (χ0n) is 28.9. The van der Waals surface area contributed by atoms with Crippen LogP contribution in [0.1, 0.15) is 63.0 Å². The van der Waals surface area contributed by atoms with Gasteiger partial charge in [-0.15, -0.1) is 6.42 Å². The number of aliphatic hydroxyl groups excluding tert-OH is 1. The molecule has 4 heterocycles. The normalized spacial score (nSPS) is 30.8. The molecule has 0 radical (unpaired) electrons. The number of halogens is 2. The van der Waals surface area contributed by atoms with Crippen LogP contribution in [0.5, 0.6) is 5.75 Å². The summed E-state index contributed by atoms with van der Waals surface area (Å²) in [7, 11) is 0. The van der Waals surface area contributed by atoms with Crippen molar-refractivity contribution in [2.75, 3.05) is 51.4 Å². The Labute approximate surface area is 296 Å². The second-order valence-corrected chi connectivity index (χ2v) is 15.4. The fraction of sp³-hybridized carbons (Fsp3) is 0.538. The van der Waals surface area contributed by atoms with Gasteiger partial charge in [-0.3, -0.25) is 9.88 Å². The molecule has 2 saturated carbocycles. The van der Waals surface area contributed by atoms with Crippen molar-refractivity contribution in [2.45, 2.75) is 75.9 Å². The summed E-state index contributed by atoms with van der Waals surface area (Å²) < 4.78 is 44.3. The summed E-state index contributed by atoms with van der Waals surface area (Å²) in [6.07, 6.45) is 13.7. The van der Waals surface area contributed by atoms with Crippen molar-refractivity contribution in [3.8, 4) is 29.4 Å². The number of aliphatic hydroxyl groups is 2.